The van der Waals surface area contributed by atoms with Crippen molar-refractivity contribution in [2.24, 2.45) is 11.8 Å². The summed E-state index contributed by atoms with van der Waals surface area (Å²) in [6, 6.07) is 0. The molecule has 2 fully saturated rings. The molecule has 142 valence electrons. The normalized spacial score (nSPS) is 33.4. The molecule has 2 aromatic rings. The van der Waals surface area contributed by atoms with E-state index in [1.165, 1.54) is 12.7 Å². The van der Waals surface area contributed by atoms with Crippen molar-refractivity contribution < 1.29 is 28.3 Å². The van der Waals surface area contributed by atoms with Crippen LogP contribution in [0.3, 0.4) is 0 Å². The third kappa shape index (κ3) is 2.99. The van der Waals surface area contributed by atoms with Crippen molar-refractivity contribution in [3.8, 4) is 0 Å². The first-order valence-corrected chi connectivity index (χ1v) is 9.92. The Morgan fingerprint density at radius 1 is 1.46 bits per heavy atom. The maximum Gasteiger partial charge on any atom is 0.325 e. The average molecular weight is 386 g/mol. The Labute approximate surface area is 147 Å². The maximum absolute atomic E-state index is 11.8. The molecule has 0 amide bonds. The predicted octanol–water partition coefficient (Wildman–Crippen LogP) is -0.588. The Kier molecular flexibility index (Phi) is 4.43. The van der Waals surface area contributed by atoms with Gasteiger partial charge in [0, 0.05) is 12.6 Å². The lowest BCUT2D eigenvalue weighted by Gasteiger charge is -2.39. The number of imidazole rings is 1. The second kappa shape index (κ2) is 6.50. The predicted molar refractivity (Wildman–Crippen MR) is 87.6 cm³/mol. The number of aromatic nitrogens is 4. The third-order valence-corrected chi connectivity index (χ3v) is 5.17. The van der Waals surface area contributed by atoms with E-state index in [1.807, 2.05) is 0 Å². The number of anilines is 1. The highest BCUT2D eigenvalue weighted by Gasteiger charge is 2.54. The number of nitrogens with two attached hydrogens (primary N) is 2. The maximum atomic E-state index is 11.8. The van der Waals surface area contributed by atoms with Gasteiger partial charge in [-0.3, -0.25) is 9.13 Å². The van der Waals surface area contributed by atoms with Gasteiger partial charge in [-0.1, -0.05) is 0 Å². The fraction of sp³-hybridized carbons (Fsp3) is 0.615. The number of nitrogen functional groups attached to an aromatic ring is 1. The zero-order chi connectivity index (χ0) is 18.5. The molecular formula is C13H19N6O6P. The molecule has 13 heteroatoms. The van der Waals surface area contributed by atoms with Gasteiger partial charge in [-0.2, -0.15) is 0 Å². The summed E-state index contributed by atoms with van der Waals surface area (Å²) in [6.45, 7) is 1.48. The van der Waals surface area contributed by atoms with Crippen LogP contribution in [-0.2, 0) is 23.4 Å². The molecule has 2 aromatic heterocycles. The Balaban J connectivity index is 1.74. The first-order chi connectivity index (χ1) is 12.4. The average Bonchev–Trinajstić information content (AvgIpc) is 3.11. The molecule has 0 aromatic carbocycles. The molecule has 26 heavy (non-hydrogen) atoms. The Bertz CT molecular complexity index is 857. The van der Waals surface area contributed by atoms with Gasteiger partial charge in [-0.15, -0.1) is 0 Å². The van der Waals surface area contributed by atoms with Crippen molar-refractivity contribution >= 4 is 24.6 Å². The highest BCUT2D eigenvalue weighted by Crippen LogP contribution is 2.49. The topological polar surface area (TPSA) is 170 Å². The number of rotatable bonds is 5. The summed E-state index contributed by atoms with van der Waals surface area (Å²) in [5.74, 6) is 5.15. The summed E-state index contributed by atoms with van der Waals surface area (Å²) in [6.07, 6.45) is 0.292. The van der Waals surface area contributed by atoms with E-state index in [1.54, 1.807) is 4.57 Å². The van der Waals surface area contributed by atoms with E-state index in [0.29, 0.717) is 11.2 Å². The second-order valence-corrected chi connectivity index (χ2v) is 8.13. The minimum absolute atomic E-state index is 0.0697. The molecule has 2 bridgehead atoms. The van der Waals surface area contributed by atoms with Crippen LogP contribution in [0.1, 0.15) is 6.23 Å². The van der Waals surface area contributed by atoms with Gasteiger partial charge in [0.05, 0.1) is 25.6 Å². The van der Waals surface area contributed by atoms with Crippen molar-refractivity contribution in [1.82, 2.24) is 19.5 Å². The number of hydrogen-bond acceptors (Lipinski definition) is 10. The highest BCUT2D eigenvalue weighted by atomic mass is 31.2. The molecule has 0 saturated carbocycles. The standard InChI is InChI=1S/C13H19N6O6P/c1-26(20,21)25-9-6-2-22-10(9)13(24-7(6)3-23-15)19-5-18-8-11(14)16-4-17-12(8)19/h4-7,9-10,13H,2-3,15H2,1H3,(H,20,21)(H2,14,16,17)/t6-,7?,9-,10?,13+/m0/s1. The third-order valence-electron chi connectivity index (χ3n) is 4.54. The SMILES string of the molecule is CP(=O)(O)O[C@@H]1C2OC[C@H]1C(CON)O[C@H]2n1cnc2c(N)ncnc21. The summed E-state index contributed by atoms with van der Waals surface area (Å²) in [4.78, 5) is 26.8. The summed E-state index contributed by atoms with van der Waals surface area (Å²) in [7, 11) is -3.75. The largest absolute Gasteiger partial charge is 0.382 e. The lowest BCUT2D eigenvalue weighted by atomic mass is 9.92. The fourth-order valence-electron chi connectivity index (χ4n) is 3.48. The molecule has 0 aliphatic carbocycles. The number of nitrogens with zero attached hydrogens (tertiary/aromatic N) is 4. The Morgan fingerprint density at radius 3 is 3.00 bits per heavy atom. The van der Waals surface area contributed by atoms with Crippen molar-refractivity contribution in [3.05, 3.63) is 12.7 Å². The smallest absolute Gasteiger partial charge is 0.325 e. The van der Waals surface area contributed by atoms with Gasteiger partial charge < -0.3 is 29.5 Å². The molecule has 5 N–H and O–H groups in total. The van der Waals surface area contributed by atoms with Gasteiger partial charge in [0.25, 0.3) is 0 Å². The van der Waals surface area contributed by atoms with Crippen LogP contribution in [0.15, 0.2) is 12.7 Å². The van der Waals surface area contributed by atoms with Gasteiger partial charge in [-0.05, 0) is 0 Å². The van der Waals surface area contributed by atoms with Crippen LogP contribution < -0.4 is 11.6 Å². The minimum atomic E-state index is -3.75. The zero-order valence-electron chi connectivity index (χ0n) is 13.8. The van der Waals surface area contributed by atoms with Crippen LogP contribution in [0.5, 0.6) is 0 Å². The van der Waals surface area contributed by atoms with Crippen molar-refractivity contribution in [2.75, 3.05) is 25.6 Å². The Morgan fingerprint density at radius 2 is 2.27 bits per heavy atom. The van der Waals surface area contributed by atoms with Crippen LogP contribution in [0.25, 0.3) is 11.2 Å². The zero-order valence-corrected chi connectivity index (χ0v) is 14.7. The van der Waals surface area contributed by atoms with E-state index in [2.05, 4.69) is 15.0 Å². The summed E-state index contributed by atoms with van der Waals surface area (Å²) in [5.41, 5.74) is 6.70. The molecule has 0 radical (unpaired) electrons. The van der Waals surface area contributed by atoms with E-state index in [-0.39, 0.29) is 24.9 Å². The van der Waals surface area contributed by atoms with Crippen LogP contribution >= 0.6 is 7.60 Å². The van der Waals surface area contributed by atoms with Gasteiger partial charge in [0.1, 0.15) is 24.1 Å². The number of hydrogen-bond donors (Lipinski definition) is 3. The van der Waals surface area contributed by atoms with E-state index in [0.717, 1.165) is 6.66 Å². The van der Waals surface area contributed by atoms with Crippen molar-refractivity contribution in [1.29, 1.82) is 0 Å². The minimum Gasteiger partial charge on any atom is -0.382 e. The molecule has 2 aliphatic heterocycles. The fourth-order valence-corrected chi connectivity index (χ4v) is 4.21. The monoisotopic (exact) mass is 386 g/mol. The van der Waals surface area contributed by atoms with Gasteiger partial charge in [0.15, 0.2) is 17.7 Å². The lowest BCUT2D eigenvalue weighted by Crippen LogP contribution is -2.50. The quantitative estimate of drug-likeness (QED) is 0.443. The lowest BCUT2D eigenvalue weighted by molar-refractivity contribution is -0.187. The summed E-state index contributed by atoms with van der Waals surface area (Å²) < 4.78 is 30.8. The van der Waals surface area contributed by atoms with Crippen LogP contribution in [0.2, 0.25) is 0 Å². The highest BCUT2D eigenvalue weighted by molar-refractivity contribution is 7.51. The van der Waals surface area contributed by atoms with Crippen molar-refractivity contribution in [2.45, 2.75) is 24.5 Å². The Hall–Kier alpha value is -1.66. The molecule has 0 spiro atoms. The molecule has 2 saturated heterocycles. The molecule has 12 nitrogen and oxygen atoms in total. The van der Waals surface area contributed by atoms with Crippen LogP contribution in [0, 0.1) is 5.92 Å². The molecule has 6 atom stereocenters. The second-order valence-electron chi connectivity index (χ2n) is 6.32. The first kappa shape index (κ1) is 17.7. The first-order valence-electron chi connectivity index (χ1n) is 7.89. The molecule has 3 unspecified atom stereocenters. The van der Waals surface area contributed by atoms with E-state index in [9.17, 15) is 9.46 Å². The van der Waals surface area contributed by atoms with E-state index >= 15 is 0 Å². The van der Waals surface area contributed by atoms with Gasteiger partial charge in [-0.25, -0.2) is 20.8 Å². The van der Waals surface area contributed by atoms with Crippen LogP contribution in [0.4, 0.5) is 5.82 Å². The molecule has 4 rings (SSSR count). The van der Waals surface area contributed by atoms with Crippen molar-refractivity contribution in [3.63, 3.8) is 0 Å². The molecule has 2 aliphatic rings. The number of ether oxygens (including phenoxy) is 2. The van der Waals surface area contributed by atoms with Gasteiger partial charge >= 0.3 is 7.60 Å². The molecular weight excluding hydrogens is 367 g/mol. The van der Waals surface area contributed by atoms with Crippen LogP contribution in [-0.4, -0.2) is 62.6 Å². The summed E-state index contributed by atoms with van der Waals surface area (Å²) in [5, 5.41) is 0. The summed E-state index contributed by atoms with van der Waals surface area (Å²) >= 11 is 0. The molecule has 4 heterocycles. The van der Waals surface area contributed by atoms with E-state index in [4.69, 9.17) is 30.5 Å². The number of fused-ring (bicyclic) bond motifs is 3. The van der Waals surface area contributed by atoms with Gasteiger partial charge in [0.2, 0.25) is 0 Å². The van der Waals surface area contributed by atoms with E-state index < -0.39 is 32.1 Å².